The Kier molecular flexibility index (Phi) is 3.99. The van der Waals surface area contributed by atoms with E-state index in [1.165, 1.54) is 6.33 Å². The van der Waals surface area contributed by atoms with Crippen LogP contribution in [0, 0.1) is 0 Å². The van der Waals surface area contributed by atoms with E-state index in [1.807, 2.05) is 24.3 Å². The number of anilines is 2. The number of hydrogen-bond donors (Lipinski definition) is 3. The third-order valence-corrected chi connectivity index (χ3v) is 3.38. The highest BCUT2D eigenvalue weighted by molar-refractivity contribution is 5.88. The van der Waals surface area contributed by atoms with E-state index in [9.17, 15) is 5.11 Å². The molecule has 3 aromatic rings. The highest BCUT2D eigenvalue weighted by Gasteiger charge is 2.10. The van der Waals surface area contributed by atoms with Gasteiger partial charge in [0.05, 0.1) is 30.8 Å². The molecule has 0 aliphatic rings. The summed E-state index contributed by atoms with van der Waals surface area (Å²) in [5.74, 6) is 0.636. The van der Waals surface area contributed by atoms with Gasteiger partial charge in [0.2, 0.25) is 0 Å². The Morgan fingerprint density at radius 1 is 1.32 bits per heavy atom. The van der Waals surface area contributed by atoms with Crippen molar-refractivity contribution in [2.24, 2.45) is 0 Å². The second kappa shape index (κ2) is 6.08. The van der Waals surface area contributed by atoms with E-state index in [2.05, 4.69) is 20.4 Å². The minimum Gasteiger partial charge on any atom is -0.394 e. The smallest absolute Gasteiger partial charge is 0.163 e. The molecule has 2 heterocycles. The quantitative estimate of drug-likeness (QED) is 0.662. The van der Waals surface area contributed by atoms with E-state index in [0.717, 1.165) is 16.6 Å². The summed E-state index contributed by atoms with van der Waals surface area (Å²) in [6.07, 6.45) is 2.60. The lowest BCUT2D eigenvalue weighted by Gasteiger charge is -2.10. The van der Waals surface area contributed by atoms with E-state index in [-0.39, 0.29) is 6.61 Å². The van der Waals surface area contributed by atoms with Crippen LogP contribution in [0.5, 0.6) is 0 Å². The molecule has 7 heteroatoms. The molecule has 0 saturated heterocycles. The number of nitrogens with one attached hydrogen (secondary N) is 1. The average molecular weight is 299 g/mol. The first-order chi connectivity index (χ1) is 10.7. The minimum absolute atomic E-state index is 0.0000214. The van der Waals surface area contributed by atoms with Gasteiger partial charge in [0.15, 0.2) is 5.65 Å². The van der Waals surface area contributed by atoms with Crippen LogP contribution in [0.15, 0.2) is 36.8 Å². The summed E-state index contributed by atoms with van der Waals surface area (Å²) in [5, 5.41) is 26.9. The second-order valence-electron chi connectivity index (χ2n) is 4.98. The monoisotopic (exact) mass is 299 g/mol. The summed E-state index contributed by atoms with van der Waals surface area (Å²) in [6.45, 7) is 2.11. The van der Waals surface area contributed by atoms with Gasteiger partial charge in [-0.25, -0.2) is 14.6 Å². The van der Waals surface area contributed by atoms with Crippen molar-refractivity contribution < 1.29 is 10.2 Å². The summed E-state index contributed by atoms with van der Waals surface area (Å²) in [4.78, 5) is 8.46. The van der Waals surface area contributed by atoms with E-state index in [4.69, 9.17) is 5.11 Å². The fourth-order valence-electron chi connectivity index (χ4n) is 2.26. The van der Waals surface area contributed by atoms with Crippen LogP contribution in [0.4, 0.5) is 11.5 Å². The van der Waals surface area contributed by atoms with Gasteiger partial charge in [-0.3, -0.25) is 0 Å². The second-order valence-corrected chi connectivity index (χ2v) is 4.98. The molecule has 0 aliphatic carbocycles. The van der Waals surface area contributed by atoms with E-state index < -0.39 is 6.10 Å². The summed E-state index contributed by atoms with van der Waals surface area (Å²) < 4.78 is 1.63. The van der Waals surface area contributed by atoms with Gasteiger partial charge in [-0.1, -0.05) is 12.1 Å². The molecule has 0 bridgehead atoms. The molecule has 3 rings (SSSR count). The molecule has 1 atom stereocenters. The summed E-state index contributed by atoms with van der Waals surface area (Å²) in [6, 6.07) is 7.51. The van der Waals surface area contributed by atoms with Crippen molar-refractivity contribution in [2.75, 3.05) is 11.9 Å². The Labute approximate surface area is 127 Å². The maximum Gasteiger partial charge on any atom is 0.163 e. The predicted molar refractivity (Wildman–Crippen MR) is 82.8 cm³/mol. The number of rotatable bonds is 5. The number of fused-ring (bicyclic) bond motifs is 1. The van der Waals surface area contributed by atoms with Crippen LogP contribution in [0.3, 0.4) is 0 Å². The zero-order chi connectivity index (χ0) is 15.5. The van der Waals surface area contributed by atoms with Crippen LogP contribution >= 0.6 is 0 Å². The lowest BCUT2D eigenvalue weighted by Crippen LogP contribution is -2.05. The molecule has 0 fully saturated rings. The van der Waals surface area contributed by atoms with Gasteiger partial charge in [-0.2, -0.15) is 5.10 Å². The molecule has 7 nitrogen and oxygen atoms in total. The van der Waals surface area contributed by atoms with Gasteiger partial charge >= 0.3 is 0 Å². The highest BCUT2D eigenvalue weighted by atomic mass is 16.3. The van der Waals surface area contributed by atoms with Gasteiger partial charge < -0.3 is 15.5 Å². The van der Waals surface area contributed by atoms with Crippen molar-refractivity contribution in [3.8, 4) is 0 Å². The first kappa shape index (κ1) is 14.4. The van der Waals surface area contributed by atoms with Crippen LogP contribution in [-0.2, 0) is 6.54 Å². The maximum absolute atomic E-state index is 9.66. The molecule has 114 valence electrons. The van der Waals surface area contributed by atoms with Crippen LogP contribution in [0.25, 0.3) is 11.0 Å². The topological polar surface area (TPSA) is 96.1 Å². The predicted octanol–water partition coefficient (Wildman–Crippen LogP) is 1.62. The highest BCUT2D eigenvalue weighted by Crippen LogP contribution is 2.24. The number of hydrogen-bond acceptors (Lipinski definition) is 6. The maximum atomic E-state index is 9.66. The summed E-state index contributed by atoms with van der Waals surface area (Å²) >= 11 is 0. The Hall–Kier alpha value is -2.51. The van der Waals surface area contributed by atoms with Gasteiger partial charge in [0.25, 0.3) is 0 Å². The lowest BCUT2D eigenvalue weighted by molar-refractivity contribution is 0.199. The molecule has 0 saturated carbocycles. The van der Waals surface area contributed by atoms with Gasteiger partial charge in [0, 0.05) is 5.69 Å². The Morgan fingerprint density at radius 3 is 2.95 bits per heavy atom. The summed E-state index contributed by atoms with van der Waals surface area (Å²) in [7, 11) is 0. The molecule has 22 heavy (non-hydrogen) atoms. The Bertz CT molecular complexity index is 784. The molecule has 1 unspecified atom stereocenters. The Morgan fingerprint density at radius 2 is 2.18 bits per heavy atom. The van der Waals surface area contributed by atoms with Crippen LogP contribution in [0.2, 0.25) is 0 Å². The fourth-order valence-corrected chi connectivity index (χ4v) is 2.26. The molecule has 1 aromatic carbocycles. The van der Waals surface area contributed by atoms with Crippen LogP contribution < -0.4 is 5.32 Å². The SMILES string of the molecule is CC(O)c1cccc(Nc2ncnc3c2cnn3CCO)c1. The third-order valence-electron chi connectivity index (χ3n) is 3.38. The number of aromatic nitrogens is 4. The molecule has 0 amide bonds. The number of aliphatic hydroxyl groups excluding tert-OH is 2. The zero-order valence-corrected chi connectivity index (χ0v) is 12.1. The van der Waals surface area contributed by atoms with E-state index in [0.29, 0.717) is 18.0 Å². The van der Waals surface area contributed by atoms with Crippen molar-refractivity contribution in [2.45, 2.75) is 19.6 Å². The number of benzene rings is 1. The average Bonchev–Trinajstić information content (AvgIpc) is 2.92. The van der Waals surface area contributed by atoms with E-state index in [1.54, 1.807) is 17.8 Å². The first-order valence-corrected chi connectivity index (χ1v) is 7.01. The molecule has 0 radical (unpaired) electrons. The van der Waals surface area contributed by atoms with Crippen molar-refractivity contribution in [3.63, 3.8) is 0 Å². The largest absolute Gasteiger partial charge is 0.394 e. The van der Waals surface area contributed by atoms with Crippen LogP contribution in [0.1, 0.15) is 18.6 Å². The fraction of sp³-hybridized carbons (Fsp3) is 0.267. The molecular formula is C15H17N5O2. The summed E-state index contributed by atoms with van der Waals surface area (Å²) in [5.41, 5.74) is 2.32. The van der Waals surface area contributed by atoms with Crippen molar-refractivity contribution >= 4 is 22.5 Å². The zero-order valence-electron chi connectivity index (χ0n) is 12.1. The normalized spacial score (nSPS) is 12.5. The standard InChI is InChI=1S/C15H17N5O2/c1-10(22)11-3-2-4-12(7-11)19-14-13-8-18-20(5-6-21)15(13)17-9-16-14/h2-4,7-10,21-22H,5-6H2,1H3,(H,16,17,19). The third kappa shape index (κ3) is 2.76. The van der Waals surface area contributed by atoms with Gasteiger partial charge in [-0.05, 0) is 24.6 Å². The molecule has 0 spiro atoms. The molecule has 0 aliphatic heterocycles. The van der Waals surface area contributed by atoms with Crippen molar-refractivity contribution in [3.05, 3.63) is 42.4 Å². The van der Waals surface area contributed by atoms with Crippen molar-refractivity contribution in [1.82, 2.24) is 19.7 Å². The Balaban J connectivity index is 1.95. The number of nitrogens with zero attached hydrogens (tertiary/aromatic N) is 4. The molecule has 2 aromatic heterocycles. The van der Waals surface area contributed by atoms with Gasteiger partial charge in [-0.15, -0.1) is 0 Å². The van der Waals surface area contributed by atoms with E-state index >= 15 is 0 Å². The first-order valence-electron chi connectivity index (χ1n) is 7.01. The van der Waals surface area contributed by atoms with Gasteiger partial charge in [0.1, 0.15) is 12.1 Å². The van der Waals surface area contributed by atoms with Crippen molar-refractivity contribution in [1.29, 1.82) is 0 Å². The molecular weight excluding hydrogens is 282 g/mol. The molecule has 3 N–H and O–H groups in total. The lowest BCUT2D eigenvalue weighted by atomic mass is 10.1. The van der Waals surface area contributed by atoms with Crippen LogP contribution in [-0.4, -0.2) is 36.6 Å². The minimum atomic E-state index is -0.528. The number of aliphatic hydroxyl groups is 2.